The molecule has 2 aromatic rings. The molecule has 9 heteroatoms. The van der Waals surface area contributed by atoms with Crippen LogP contribution in [0.25, 0.3) is 0 Å². The summed E-state index contributed by atoms with van der Waals surface area (Å²) in [7, 11) is 1.24. The number of ether oxygens (including phenoxy) is 1. The van der Waals surface area contributed by atoms with Gasteiger partial charge >= 0.3 is 5.97 Å². The van der Waals surface area contributed by atoms with Crippen LogP contribution in [0.1, 0.15) is 24.4 Å². The van der Waals surface area contributed by atoms with E-state index in [0.717, 1.165) is 0 Å². The minimum absolute atomic E-state index is 0.0188. The number of anilines is 1. The molecule has 2 rings (SSSR count). The Labute approximate surface area is 160 Å². The lowest BCUT2D eigenvalue weighted by Crippen LogP contribution is -2.31. The first-order valence-electron chi connectivity index (χ1n) is 8.49. The molecule has 0 aliphatic carbocycles. The highest BCUT2D eigenvalue weighted by Gasteiger charge is 2.19. The molecular weight excluding hydrogens is 369 g/mol. The van der Waals surface area contributed by atoms with Crippen molar-refractivity contribution in [1.29, 1.82) is 0 Å². The summed E-state index contributed by atoms with van der Waals surface area (Å²) in [6, 6.07) is 10.9. The summed E-state index contributed by atoms with van der Waals surface area (Å²) in [4.78, 5) is 34.4. The Morgan fingerprint density at radius 2 is 1.86 bits per heavy atom. The van der Waals surface area contributed by atoms with Gasteiger partial charge in [-0.1, -0.05) is 24.3 Å². The Bertz CT molecular complexity index is 842. The molecule has 0 saturated heterocycles. The topological polar surface area (TPSA) is 111 Å². The molecule has 148 valence electrons. The zero-order valence-corrected chi connectivity index (χ0v) is 15.2. The third-order valence-electron chi connectivity index (χ3n) is 3.97. The third kappa shape index (κ3) is 6.04. The number of para-hydroxylation sites is 2. The van der Waals surface area contributed by atoms with Crippen molar-refractivity contribution in [2.45, 2.75) is 18.9 Å². The molecule has 1 amide bonds. The number of amides is 1. The van der Waals surface area contributed by atoms with Crippen LogP contribution in [0.5, 0.6) is 0 Å². The molecule has 8 nitrogen and oxygen atoms in total. The van der Waals surface area contributed by atoms with E-state index < -0.39 is 22.8 Å². The van der Waals surface area contributed by atoms with Crippen molar-refractivity contribution in [2.75, 3.05) is 19.0 Å². The highest BCUT2D eigenvalue weighted by Crippen LogP contribution is 2.23. The number of esters is 1. The van der Waals surface area contributed by atoms with E-state index in [1.807, 2.05) is 0 Å². The fraction of sp³-hybridized carbons (Fsp3) is 0.263. The number of nitro benzene ring substituents is 1. The number of nitrogens with zero attached hydrogens (tertiary/aromatic N) is 1. The minimum Gasteiger partial charge on any atom is -0.469 e. The van der Waals surface area contributed by atoms with Crippen molar-refractivity contribution in [2.24, 2.45) is 0 Å². The van der Waals surface area contributed by atoms with Crippen molar-refractivity contribution in [3.05, 3.63) is 70.0 Å². The quantitative estimate of drug-likeness (QED) is 0.388. The monoisotopic (exact) mass is 389 g/mol. The predicted octanol–water partition coefficient (Wildman–Crippen LogP) is 2.96. The van der Waals surface area contributed by atoms with Gasteiger partial charge in [0.1, 0.15) is 11.5 Å². The van der Waals surface area contributed by atoms with Gasteiger partial charge in [0.15, 0.2) is 0 Å². The highest BCUT2D eigenvalue weighted by molar-refractivity contribution is 5.78. The molecule has 0 heterocycles. The molecule has 0 aliphatic rings. The summed E-state index contributed by atoms with van der Waals surface area (Å²) in [5.74, 6) is -1.32. The average Bonchev–Trinajstić information content (AvgIpc) is 2.68. The molecular formula is C19H20FN3O5. The number of benzene rings is 2. The Morgan fingerprint density at radius 3 is 2.50 bits per heavy atom. The maximum atomic E-state index is 13.1. The Morgan fingerprint density at radius 1 is 1.18 bits per heavy atom. The van der Waals surface area contributed by atoms with Gasteiger partial charge < -0.3 is 15.4 Å². The summed E-state index contributed by atoms with van der Waals surface area (Å²) in [5, 5.41) is 16.6. The number of rotatable bonds is 9. The van der Waals surface area contributed by atoms with E-state index in [1.165, 1.54) is 37.4 Å². The summed E-state index contributed by atoms with van der Waals surface area (Å²) < 4.78 is 17.8. The van der Waals surface area contributed by atoms with Gasteiger partial charge in [0.2, 0.25) is 5.91 Å². The van der Waals surface area contributed by atoms with Crippen molar-refractivity contribution in [1.82, 2.24) is 5.32 Å². The molecule has 2 N–H and O–H groups in total. The fourth-order valence-corrected chi connectivity index (χ4v) is 2.56. The molecule has 28 heavy (non-hydrogen) atoms. The van der Waals surface area contributed by atoms with Crippen LogP contribution < -0.4 is 10.6 Å². The molecule has 0 fully saturated rings. The number of hydrogen-bond acceptors (Lipinski definition) is 6. The Kier molecular flexibility index (Phi) is 7.44. The number of nitrogens with one attached hydrogen (secondary N) is 2. The molecule has 0 aromatic heterocycles. The van der Waals surface area contributed by atoms with Crippen molar-refractivity contribution < 1.29 is 23.6 Å². The van der Waals surface area contributed by atoms with E-state index in [4.69, 9.17) is 0 Å². The van der Waals surface area contributed by atoms with Crippen LogP contribution in [0.3, 0.4) is 0 Å². The van der Waals surface area contributed by atoms with Crippen molar-refractivity contribution >= 4 is 23.3 Å². The fourth-order valence-electron chi connectivity index (χ4n) is 2.56. The first kappa shape index (κ1) is 20.8. The number of hydrogen-bond donors (Lipinski definition) is 2. The van der Waals surface area contributed by atoms with Crippen LogP contribution in [0.2, 0.25) is 0 Å². The zero-order valence-electron chi connectivity index (χ0n) is 15.2. The largest absolute Gasteiger partial charge is 0.469 e. The minimum atomic E-state index is -0.674. The van der Waals surface area contributed by atoms with Crippen LogP contribution in [-0.2, 0) is 14.3 Å². The first-order chi connectivity index (χ1) is 13.4. The molecule has 0 saturated carbocycles. The van der Waals surface area contributed by atoms with Crippen LogP contribution in [-0.4, -0.2) is 30.5 Å². The van der Waals surface area contributed by atoms with E-state index in [0.29, 0.717) is 11.3 Å². The van der Waals surface area contributed by atoms with Gasteiger partial charge in [-0.2, -0.15) is 0 Å². The number of halogens is 1. The molecule has 0 spiro atoms. The second kappa shape index (κ2) is 10.0. The lowest BCUT2D eigenvalue weighted by Gasteiger charge is -2.18. The zero-order chi connectivity index (χ0) is 20.5. The molecule has 0 radical (unpaired) electrons. The normalized spacial score (nSPS) is 11.4. The van der Waals surface area contributed by atoms with Gasteiger partial charge in [0.05, 0.1) is 24.5 Å². The summed E-state index contributed by atoms with van der Waals surface area (Å²) in [6.07, 6.45) is -0.0869. The van der Waals surface area contributed by atoms with E-state index in [9.17, 15) is 24.1 Å². The van der Waals surface area contributed by atoms with Crippen molar-refractivity contribution in [3.63, 3.8) is 0 Å². The Hall–Kier alpha value is -3.49. The van der Waals surface area contributed by atoms with Crippen LogP contribution in [0.4, 0.5) is 15.8 Å². The Balaban J connectivity index is 1.97. The summed E-state index contributed by atoms with van der Waals surface area (Å²) in [6.45, 7) is 0.158. The number of nitro groups is 1. The lowest BCUT2D eigenvalue weighted by atomic mass is 10.0. The van der Waals surface area contributed by atoms with Crippen molar-refractivity contribution in [3.8, 4) is 0 Å². The number of carbonyl (C=O) groups excluding carboxylic acids is 2. The maximum Gasteiger partial charge on any atom is 0.307 e. The van der Waals surface area contributed by atoms with Gasteiger partial charge in [-0.15, -0.1) is 0 Å². The SMILES string of the molecule is COC(=O)CC(NC(=O)CCNc1ccccc1[N+](=O)[O-])c1ccc(F)cc1. The second-order valence-corrected chi connectivity index (χ2v) is 5.90. The van der Waals surface area contributed by atoms with Crippen LogP contribution >= 0.6 is 0 Å². The van der Waals surface area contributed by atoms with E-state index in [2.05, 4.69) is 15.4 Å². The third-order valence-corrected chi connectivity index (χ3v) is 3.97. The van der Waals surface area contributed by atoms with Gasteiger partial charge in [-0.3, -0.25) is 19.7 Å². The van der Waals surface area contributed by atoms with Gasteiger partial charge in [0, 0.05) is 19.0 Å². The number of methoxy groups -OCH3 is 1. The molecule has 1 atom stereocenters. The van der Waals surface area contributed by atoms with Gasteiger partial charge in [0.25, 0.3) is 5.69 Å². The first-order valence-corrected chi connectivity index (χ1v) is 8.49. The maximum absolute atomic E-state index is 13.1. The molecule has 0 aliphatic heterocycles. The van der Waals surface area contributed by atoms with Crippen LogP contribution in [0, 0.1) is 15.9 Å². The van der Waals surface area contributed by atoms with Crippen LogP contribution in [0.15, 0.2) is 48.5 Å². The van der Waals surface area contributed by atoms with Gasteiger partial charge in [-0.25, -0.2) is 4.39 Å². The smallest absolute Gasteiger partial charge is 0.307 e. The standard InChI is InChI=1S/C19H20FN3O5/c1-28-19(25)12-16(13-6-8-14(20)9-7-13)22-18(24)10-11-21-15-4-2-3-5-17(15)23(26)27/h2-9,16,21H,10-12H2,1H3,(H,22,24). The van der Waals surface area contributed by atoms with E-state index in [-0.39, 0.29) is 31.0 Å². The van der Waals surface area contributed by atoms with E-state index in [1.54, 1.807) is 18.2 Å². The summed E-state index contributed by atoms with van der Waals surface area (Å²) >= 11 is 0. The van der Waals surface area contributed by atoms with Gasteiger partial charge in [-0.05, 0) is 23.8 Å². The molecule has 2 aromatic carbocycles. The van der Waals surface area contributed by atoms with E-state index >= 15 is 0 Å². The number of carbonyl (C=O) groups is 2. The molecule has 0 bridgehead atoms. The summed E-state index contributed by atoms with van der Waals surface area (Å²) in [5.41, 5.74) is 0.787. The predicted molar refractivity (Wildman–Crippen MR) is 100 cm³/mol. The molecule has 1 unspecified atom stereocenters. The lowest BCUT2D eigenvalue weighted by molar-refractivity contribution is -0.384. The second-order valence-electron chi connectivity index (χ2n) is 5.90. The highest BCUT2D eigenvalue weighted by atomic mass is 19.1. The average molecular weight is 389 g/mol.